The Bertz CT molecular complexity index is 64.0. The van der Waals surface area contributed by atoms with Crippen molar-refractivity contribution >= 4 is 7.32 Å². The van der Waals surface area contributed by atoms with Crippen LogP contribution in [0.25, 0.3) is 0 Å². The molecule has 0 aliphatic carbocycles. The maximum absolute atomic E-state index is 8.05. The lowest BCUT2D eigenvalue weighted by Gasteiger charge is -1.96. The number of nitrogens with zero attached hydrogens (tertiary/aromatic N) is 1. The van der Waals surface area contributed by atoms with Crippen molar-refractivity contribution < 1.29 is 14.8 Å². The standard InChI is InChI=1S/C2H6BNO3/c5-3(6)7-4-1-2-4/h5-6H,1-2H2. The van der Waals surface area contributed by atoms with Crippen LogP contribution in [0.2, 0.25) is 0 Å². The third-order valence-electron chi connectivity index (χ3n) is 0.650. The molecule has 0 atom stereocenters. The van der Waals surface area contributed by atoms with Crippen molar-refractivity contribution in [2.24, 2.45) is 0 Å². The number of rotatable bonds is 2. The molecule has 1 rings (SSSR count). The fraction of sp³-hybridized carbons (Fsp3) is 1.00. The van der Waals surface area contributed by atoms with Gasteiger partial charge in [-0.2, -0.15) is 5.06 Å². The predicted octanol–water partition coefficient (Wildman–Crippen LogP) is -1.80. The Hall–Kier alpha value is -0.0951. The van der Waals surface area contributed by atoms with Crippen LogP contribution in [0.4, 0.5) is 0 Å². The van der Waals surface area contributed by atoms with Gasteiger partial charge in [0.2, 0.25) is 0 Å². The molecule has 0 spiro atoms. The van der Waals surface area contributed by atoms with Crippen molar-refractivity contribution in [2.45, 2.75) is 0 Å². The van der Waals surface area contributed by atoms with Gasteiger partial charge in [0.05, 0.1) is 0 Å². The van der Waals surface area contributed by atoms with Crippen LogP contribution in [0.15, 0.2) is 0 Å². The zero-order chi connectivity index (χ0) is 5.28. The van der Waals surface area contributed by atoms with E-state index >= 15 is 0 Å². The van der Waals surface area contributed by atoms with E-state index in [2.05, 4.69) is 4.76 Å². The second-order valence-corrected chi connectivity index (χ2v) is 1.36. The molecule has 0 aromatic carbocycles. The van der Waals surface area contributed by atoms with Gasteiger partial charge in [-0.15, -0.1) is 0 Å². The van der Waals surface area contributed by atoms with Crippen molar-refractivity contribution in [3.8, 4) is 0 Å². The van der Waals surface area contributed by atoms with Gasteiger partial charge >= 0.3 is 7.32 Å². The fourth-order valence-corrected chi connectivity index (χ4v) is 0.280. The van der Waals surface area contributed by atoms with Crippen LogP contribution in [-0.2, 0) is 4.76 Å². The Morgan fingerprint density at radius 1 is 1.43 bits per heavy atom. The first-order chi connectivity index (χ1) is 3.29. The van der Waals surface area contributed by atoms with E-state index in [1.807, 2.05) is 0 Å². The van der Waals surface area contributed by atoms with E-state index in [4.69, 9.17) is 10.0 Å². The molecule has 1 aliphatic rings. The summed E-state index contributed by atoms with van der Waals surface area (Å²) in [5.74, 6) is 0. The van der Waals surface area contributed by atoms with E-state index in [0.29, 0.717) is 0 Å². The van der Waals surface area contributed by atoms with Gasteiger partial charge in [0.25, 0.3) is 0 Å². The molecule has 5 heteroatoms. The second-order valence-electron chi connectivity index (χ2n) is 1.36. The fourth-order valence-electron chi connectivity index (χ4n) is 0.280. The number of hydrogen-bond donors (Lipinski definition) is 2. The summed E-state index contributed by atoms with van der Waals surface area (Å²) in [6, 6.07) is 0. The smallest absolute Gasteiger partial charge is 0.401 e. The molecule has 1 heterocycles. The Morgan fingerprint density at radius 2 is 2.00 bits per heavy atom. The van der Waals surface area contributed by atoms with Crippen LogP contribution in [-0.4, -0.2) is 35.5 Å². The lowest BCUT2D eigenvalue weighted by Crippen LogP contribution is -2.20. The van der Waals surface area contributed by atoms with Crippen molar-refractivity contribution in [1.29, 1.82) is 0 Å². The normalized spacial score (nSPS) is 19.7. The third kappa shape index (κ3) is 1.89. The van der Waals surface area contributed by atoms with Crippen molar-refractivity contribution in [3.05, 3.63) is 0 Å². The zero-order valence-electron chi connectivity index (χ0n) is 3.74. The molecule has 40 valence electrons. The van der Waals surface area contributed by atoms with Crippen LogP contribution in [0.3, 0.4) is 0 Å². The number of hydrogen-bond acceptors (Lipinski definition) is 4. The third-order valence-corrected chi connectivity index (χ3v) is 0.650. The van der Waals surface area contributed by atoms with E-state index in [1.165, 1.54) is 5.06 Å². The molecule has 0 aromatic rings. The van der Waals surface area contributed by atoms with E-state index in [-0.39, 0.29) is 0 Å². The van der Waals surface area contributed by atoms with Crippen LogP contribution < -0.4 is 0 Å². The van der Waals surface area contributed by atoms with E-state index in [0.717, 1.165) is 13.1 Å². The average molecular weight is 103 g/mol. The van der Waals surface area contributed by atoms with Gasteiger partial charge < -0.3 is 10.0 Å². The predicted molar refractivity (Wildman–Crippen MR) is 22.8 cm³/mol. The highest BCUT2D eigenvalue weighted by Crippen LogP contribution is 2.02. The Kier molecular flexibility index (Phi) is 1.29. The number of hydroxylamine groups is 2. The molecule has 1 saturated heterocycles. The van der Waals surface area contributed by atoms with Gasteiger partial charge in [0.15, 0.2) is 0 Å². The highest BCUT2D eigenvalue weighted by atomic mass is 16.8. The summed E-state index contributed by atoms with van der Waals surface area (Å²) in [4.78, 5) is 0. The van der Waals surface area contributed by atoms with Crippen molar-refractivity contribution in [3.63, 3.8) is 0 Å². The molecular weight excluding hydrogens is 96.8 g/mol. The van der Waals surface area contributed by atoms with Crippen LogP contribution in [0, 0.1) is 0 Å². The van der Waals surface area contributed by atoms with E-state index in [9.17, 15) is 0 Å². The van der Waals surface area contributed by atoms with Gasteiger partial charge in [0.1, 0.15) is 0 Å². The Morgan fingerprint density at radius 3 is 2.14 bits per heavy atom. The molecule has 0 amide bonds. The first kappa shape index (κ1) is 5.05. The van der Waals surface area contributed by atoms with Gasteiger partial charge in [-0.25, -0.2) is 0 Å². The van der Waals surface area contributed by atoms with Gasteiger partial charge in [-0.3, -0.25) is 4.76 Å². The van der Waals surface area contributed by atoms with Gasteiger partial charge in [-0.05, 0) is 0 Å². The molecule has 4 nitrogen and oxygen atoms in total. The maximum Gasteiger partial charge on any atom is 0.651 e. The van der Waals surface area contributed by atoms with Crippen molar-refractivity contribution in [1.82, 2.24) is 5.06 Å². The molecule has 0 radical (unpaired) electrons. The molecule has 2 N–H and O–H groups in total. The minimum atomic E-state index is -1.64. The molecular formula is C2H6BNO3. The summed E-state index contributed by atoms with van der Waals surface area (Å²) in [7, 11) is -1.64. The Balaban J connectivity index is 1.97. The second kappa shape index (κ2) is 1.79. The first-order valence-corrected chi connectivity index (χ1v) is 2.07. The monoisotopic (exact) mass is 103 g/mol. The summed E-state index contributed by atoms with van der Waals surface area (Å²) in [6.07, 6.45) is 0. The summed E-state index contributed by atoms with van der Waals surface area (Å²) in [5, 5.41) is 17.6. The highest BCUT2D eigenvalue weighted by molar-refractivity contribution is 6.32. The minimum Gasteiger partial charge on any atom is -0.401 e. The highest BCUT2D eigenvalue weighted by Gasteiger charge is 2.24. The molecule has 7 heavy (non-hydrogen) atoms. The quantitative estimate of drug-likeness (QED) is 0.320. The van der Waals surface area contributed by atoms with E-state index < -0.39 is 7.32 Å². The summed E-state index contributed by atoms with van der Waals surface area (Å²) in [6.45, 7) is 1.61. The minimum absolute atomic E-state index is 0.803. The SMILES string of the molecule is OB(O)ON1CC1. The lowest BCUT2D eigenvalue weighted by atomic mass is 10.3. The van der Waals surface area contributed by atoms with Gasteiger partial charge in [-0.1, -0.05) is 0 Å². The Labute approximate surface area is 41.4 Å². The topological polar surface area (TPSA) is 52.7 Å². The van der Waals surface area contributed by atoms with Crippen LogP contribution in [0.5, 0.6) is 0 Å². The van der Waals surface area contributed by atoms with Crippen molar-refractivity contribution in [2.75, 3.05) is 13.1 Å². The molecule has 0 aromatic heterocycles. The largest absolute Gasteiger partial charge is 0.651 e. The first-order valence-electron chi connectivity index (χ1n) is 2.07. The molecule has 1 fully saturated rings. The maximum atomic E-state index is 8.05. The molecule has 0 unspecified atom stereocenters. The molecule has 0 bridgehead atoms. The summed E-state index contributed by atoms with van der Waals surface area (Å²) < 4.78 is 4.31. The summed E-state index contributed by atoms with van der Waals surface area (Å²) in [5.41, 5.74) is 0. The van der Waals surface area contributed by atoms with Crippen LogP contribution >= 0.6 is 0 Å². The molecule has 0 saturated carbocycles. The van der Waals surface area contributed by atoms with Crippen LogP contribution in [0.1, 0.15) is 0 Å². The van der Waals surface area contributed by atoms with Gasteiger partial charge in [0, 0.05) is 13.1 Å². The summed E-state index contributed by atoms with van der Waals surface area (Å²) >= 11 is 0. The zero-order valence-corrected chi connectivity index (χ0v) is 3.74. The average Bonchev–Trinajstić information content (AvgIpc) is 2.17. The van der Waals surface area contributed by atoms with E-state index in [1.54, 1.807) is 0 Å². The molecule has 1 aliphatic heterocycles. The lowest BCUT2D eigenvalue weighted by molar-refractivity contribution is 0.0103.